The maximum Gasteiger partial charge on any atom is 0.337 e. The summed E-state index contributed by atoms with van der Waals surface area (Å²) in [4.78, 5) is 51.9. The average molecular weight is 438 g/mol. The Morgan fingerprint density at radius 2 is 1.59 bits per heavy atom. The lowest BCUT2D eigenvalue weighted by Crippen LogP contribution is -2.45. The Morgan fingerprint density at radius 1 is 1.00 bits per heavy atom. The molecule has 0 aromatic heterocycles. The van der Waals surface area contributed by atoms with Crippen LogP contribution in [0.5, 0.6) is 0 Å². The Morgan fingerprint density at radius 3 is 2.12 bits per heavy atom. The molecule has 0 saturated heterocycles. The van der Waals surface area contributed by atoms with Crippen LogP contribution in [0.1, 0.15) is 56.9 Å². The number of anilines is 1. The topological polar surface area (TPSA) is 102 Å². The van der Waals surface area contributed by atoms with Crippen molar-refractivity contribution in [3.05, 3.63) is 64.7 Å². The van der Waals surface area contributed by atoms with Gasteiger partial charge in [0, 0.05) is 17.8 Å². The molecule has 0 saturated carbocycles. The molecule has 1 aliphatic rings. The van der Waals surface area contributed by atoms with Gasteiger partial charge in [0.2, 0.25) is 5.91 Å². The van der Waals surface area contributed by atoms with Crippen LogP contribution in [0.25, 0.3) is 0 Å². The second-order valence-corrected chi connectivity index (χ2v) is 8.01. The molecule has 0 aliphatic carbocycles. The van der Waals surface area contributed by atoms with Crippen molar-refractivity contribution in [2.45, 2.75) is 32.9 Å². The Hall–Kier alpha value is -3.68. The first kappa shape index (κ1) is 23.0. The molecule has 2 aromatic carbocycles. The third kappa shape index (κ3) is 4.80. The molecule has 1 atom stereocenters. The highest BCUT2D eigenvalue weighted by Crippen LogP contribution is 2.28. The summed E-state index contributed by atoms with van der Waals surface area (Å²) in [6, 6.07) is 10.7. The van der Waals surface area contributed by atoms with Gasteiger partial charge in [-0.2, -0.15) is 0 Å². The number of amides is 2. The van der Waals surface area contributed by atoms with Crippen molar-refractivity contribution in [2.24, 2.45) is 5.92 Å². The Labute approximate surface area is 186 Å². The highest BCUT2D eigenvalue weighted by atomic mass is 16.5. The van der Waals surface area contributed by atoms with Crippen molar-refractivity contribution in [3.63, 3.8) is 0 Å². The Kier molecular flexibility index (Phi) is 6.92. The minimum atomic E-state index is -0.724. The van der Waals surface area contributed by atoms with Crippen molar-refractivity contribution in [3.8, 4) is 0 Å². The molecule has 3 rings (SSSR count). The summed E-state index contributed by atoms with van der Waals surface area (Å²) in [6.45, 7) is 4.29. The molecule has 168 valence electrons. The number of carbonyl (C=O) groups excluding carboxylic acids is 4. The maximum absolute atomic E-state index is 13.3. The van der Waals surface area contributed by atoms with Crippen LogP contribution in [0.15, 0.2) is 42.5 Å². The number of esters is 2. The molecule has 2 aromatic rings. The minimum absolute atomic E-state index is 0.0933. The number of nitrogens with one attached hydrogen (secondary N) is 1. The largest absolute Gasteiger partial charge is 0.465 e. The van der Waals surface area contributed by atoms with Gasteiger partial charge in [0.1, 0.15) is 6.04 Å². The fraction of sp³-hybridized carbons (Fsp3) is 0.333. The average Bonchev–Trinajstić information content (AvgIpc) is 3.12. The van der Waals surface area contributed by atoms with Gasteiger partial charge in [-0.15, -0.1) is 0 Å². The van der Waals surface area contributed by atoms with Gasteiger partial charge in [-0.1, -0.05) is 32.0 Å². The first-order valence-electron chi connectivity index (χ1n) is 10.3. The Balaban J connectivity index is 1.91. The monoisotopic (exact) mass is 438 g/mol. The molecule has 32 heavy (non-hydrogen) atoms. The molecule has 0 spiro atoms. The first-order valence-corrected chi connectivity index (χ1v) is 10.3. The molecule has 0 fully saturated rings. The zero-order valence-electron chi connectivity index (χ0n) is 18.5. The molecular weight excluding hydrogens is 412 g/mol. The lowest BCUT2D eigenvalue weighted by molar-refractivity contribution is -0.121. The SMILES string of the molecule is COC(=O)c1cc(NC(=O)C(CC(C)C)N2Cc3ccccc3C2=O)cc(C(=O)OC)c1. The second-order valence-electron chi connectivity index (χ2n) is 8.01. The van der Waals surface area contributed by atoms with Crippen LogP contribution < -0.4 is 5.32 Å². The third-order valence-corrected chi connectivity index (χ3v) is 5.27. The van der Waals surface area contributed by atoms with Crippen molar-refractivity contribution >= 4 is 29.4 Å². The van der Waals surface area contributed by atoms with Crippen LogP contribution in [0.2, 0.25) is 0 Å². The first-order chi connectivity index (χ1) is 15.2. The lowest BCUT2D eigenvalue weighted by Gasteiger charge is -2.28. The summed E-state index contributed by atoms with van der Waals surface area (Å²) in [5, 5.41) is 2.76. The van der Waals surface area contributed by atoms with Gasteiger partial charge in [-0.3, -0.25) is 9.59 Å². The predicted molar refractivity (Wildman–Crippen MR) is 117 cm³/mol. The summed E-state index contributed by atoms with van der Waals surface area (Å²) in [6.07, 6.45) is 0.451. The van der Waals surface area contributed by atoms with Gasteiger partial charge in [0.15, 0.2) is 0 Å². The number of rotatable bonds is 7. The van der Waals surface area contributed by atoms with Crippen LogP contribution in [0, 0.1) is 5.92 Å². The number of benzene rings is 2. The molecule has 2 amide bonds. The lowest BCUT2D eigenvalue weighted by atomic mass is 10.0. The van der Waals surface area contributed by atoms with E-state index in [9.17, 15) is 19.2 Å². The molecule has 8 nitrogen and oxygen atoms in total. The van der Waals surface area contributed by atoms with Crippen LogP contribution in [-0.2, 0) is 20.8 Å². The second kappa shape index (κ2) is 9.64. The molecule has 0 bridgehead atoms. The number of fused-ring (bicyclic) bond motifs is 1. The summed E-state index contributed by atoms with van der Waals surface area (Å²) < 4.78 is 9.48. The van der Waals surface area contributed by atoms with Gasteiger partial charge in [-0.25, -0.2) is 9.59 Å². The van der Waals surface area contributed by atoms with Gasteiger partial charge in [0.25, 0.3) is 5.91 Å². The summed E-state index contributed by atoms with van der Waals surface area (Å²) in [5.74, 6) is -1.77. The fourth-order valence-corrected chi connectivity index (χ4v) is 3.75. The van der Waals surface area contributed by atoms with Gasteiger partial charge in [-0.05, 0) is 42.2 Å². The minimum Gasteiger partial charge on any atom is -0.465 e. The number of hydrogen-bond donors (Lipinski definition) is 1. The number of nitrogens with zero attached hydrogens (tertiary/aromatic N) is 1. The van der Waals surface area contributed by atoms with Crippen molar-refractivity contribution < 1.29 is 28.7 Å². The van der Waals surface area contributed by atoms with Gasteiger partial charge >= 0.3 is 11.9 Å². The van der Waals surface area contributed by atoms with Crippen LogP contribution in [0.3, 0.4) is 0 Å². The van der Waals surface area contributed by atoms with Gasteiger partial charge in [0.05, 0.1) is 25.3 Å². The Bertz CT molecular complexity index is 1030. The van der Waals surface area contributed by atoms with E-state index in [2.05, 4.69) is 5.32 Å². The summed E-state index contributed by atoms with van der Waals surface area (Å²) >= 11 is 0. The molecule has 1 aliphatic heterocycles. The quantitative estimate of drug-likeness (QED) is 0.666. The predicted octanol–water partition coefficient (Wildman–Crippen LogP) is 3.27. The zero-order valence-corrected chi connectivity index (χ0v) is 18.5. The van der Waals surface area contributed by atoms with E-state index in [4.69, 9.17) is 9.47 Å². The van der Waals surface area contributed by atoms with E-state index >= 15 is 0 Å². The smallest absolute Gasteiger partial charge is 0.337 e. The van der Waals surface area contributed by atoms with Gasteiger partial charge < -0.3 is 19.7 Å². The molecule has 1 N–H and O–H groups in total. The third-order valence-electron chi connectivity index (χ3n) is 5.27. The number of carbonyl (C=O) groups is 4. The summed E-state index contributed by atoms with van der Waals surface area (Å²) in [5.41, 5.74) is 1.89. The van der Waals surface area contributed by atoms with Crippen molar-refractivity contribution in [1.29, 1.82) is 0 Å². The molecule has 1 heterocycles. The van der Waals surface area contributed by atoms with E-state index in [1.54, 1.807) is 17.0 Å². The van der Waals surface area contributed by atoms with E-state index in [-0.39, 0.29) is 28.6 Å². The van der Waals surface area contributed by atoms with Crippen LogP contribution in [0.4, 0.5) is 5.69 Å². The molecule has 0 radical (unpaired) electrons. The highest BCUT2D eigenvalue weighted by molar-refractivity contribution is 6.04. The van der Waals surface area contributed by atoms with E-state index in [1.165, 1.54) is 32.4 Å². The standard InChI is InChI=1S/C24H26N2O6/c1-14(2)9-20(26-13-15-7-5-6-8-19(15)22(26)28)21(27)25-18-11-16(23(29)31-3)10-17(12-18)24(30)32-4/h5-8,10-12,14,20H,9,13H2,1-4H3,(H,25,27). The van der Waals surface area contributed by atoms with Crippen LogP contribution in [-0.4, -0.2) is 48.9 Å². The van der Waals surface area contributed by atoms with Crippen molar-refractivity contribution in [1.82, 2.24) is 4.90 Å². The van der Waals surface area contributed by atoms with Crippen LogP contribution >= 0.6 is 0 Å². The number of hydrogen-bond acceptors (Lipinski definition) is 6. The normalized spacial score (nSPS) is 13.5. The molecule has 8 heteroatoms. The summed E-state index contributed by atoms with van der Waals surface area (Å²) in [7, 11) is 2.45. The fourth-order valence-electron chi connectivity index (χ4n) is 3.75. The molecule has 1 unspecified atom stereocenters. The highest BCUT2D eigenvalue weighted by Gasteiger charge is 2.36. The van der Waals surface area contributed by atoms with E-state index in [0.717, 1.165) is 5.56 Å². The van der Waals surface area contributed by atoms with E-state index in [1.807, 2.05) is 26.0 Å². The van der Waals surface area contributed by atoms with E-state index < -0.39 is 23.9 Å². The maximum atomic E-state index is 13.3. The number of ether oxygens (including phenoxy) is 2. The number of methoxy groups -OCH3 is 2. The van der Waals surface area contributed by atoms with E-state index in [0.29, 0.717) is 18.5 Å². The van der Waals surface area contributed by atoms with Crippen molar-refractivity contribution in [2.75, 3.05) is 19.5 Å². The zero-order chi connectivity index (χ0) is 23.4. The molecular formula is C24H26N2O6.